The summed E-state index contributed by atoms with van der Waals surface area (Å²) in [6.45, 7) is 2.67. The molecule has 0 aliphatic carbocycles. The summed E-state index contributed by atoms with van der Waals surface area (Å²) in [5, 5.41) is 0. The summed E-state index contributed by atoms with van der Waals surface area (Å²) in [6, 6.07) is 2.12. The molecule has 1 aliphatic rings. The number of carbonyl (C=O) groups is 1. The average Bonchev–Trinajstić information content (AvgIpc) is 2.76. The fourth-order valence-electron chi connectivity index (χ4n) is 1.83. The second-order valence-electron chi connectivity index (χ2n) is 3.71. The van der Waals surface area contributed by atoms with Crippen LogP contribution in [0.5, 0.6) is 0 Å². The van der Waals surface area contributed by atoms with Crippen LogP contribution in [0.4, 0.5) is 0 Å². The van der Waals surface area contributed by atoms with Crippen LogP contribution in [0.15, 0.2) is 16.7 Å². The SMILES string of the molecule is NC1CCN(Cc2ccoc2C=O)C1. The highest BCUT2D eigenvalue weighted by atomic mass is 16.3. The molecular weight excluding hydrogens is 180 g/mol. The lowest BCUT2D eigenvalue weighted by Crippen LogP contribution is -2.26. The Balaban J connectivity index is 2.00. The molecule has 0 radical (unpaired) electrons. The van der Waals surface area contributed by atoms with Crippen molar-refractivity contribution in [2.75, 3.05) is 13.1 Å². The van der Waals surface area contributed by atoms with Crippen LogP contribution in [-0.2, 0) is 6.54 Å². The molecule has 0 spiro atoms. The monoisotopic (exact) mass is 194 g/mol. The van der Waals surface area contributed by atoms with Gasteiger partial charge in [0.25, 0.3) is 0 Å². The molecular formula is C10H14N2O2. The summed E-state index contributed by atoms with van der Waals surface area (Å²) in [5.41, 5.74) is 6.74. The van der Waals surface area contributed by atoms with Gasteiger partial charge in [-0.05, 0) is 12.5 Å². The molecule has 0 amide bonds. The van der Waals surface area contributed by atoms with E-state index in [0.29, 0.717) is 5.76 Å². The molecule has 1 aliphatic heterocycles. The van der Waals surface area contributed by atoms with Gasteiger partial charge in [-0.25, -0.2) is 0 Å². The Morgan fingerprint density at radius 1 is 1.71 bits per heavy atom. The number of carbonyl (C=O) groups excluding carboxylic acids is 1. The highest BCUT2D eigenvalue weighted by molar-refractivity contribution is 5.72. The van der Waals surface area contributed by atoms with E-state index in [-0.39, 0.29) is 6.04 Å². The number of furan rings is 1. The molecule has 0 saturated carbocycles. The topological polar surface area (TPSA) is 59.5 Å². The summed E-state index contributed by atoms with van der Waals surface area (Å²) >= 11 is 0. The molecule has 1 aromatic rings. The zero-order valence-electron chi connectivity index (χ0n) is 7.98. The van der Waals surface area contributed by atoms with Crippen molar-refractivity contribution in [3.63, 3.8) is 0 Å². The molecule has 1 atom stereocenters. The Hall–Kier alpha value is -1.13. The van der Waals surface area contributed by atoms with E-state index in [2.05, 4.69) is 4.90 Å². The van der Waals surface area contributed by atoms with Gasteiger partial charge in [0.15, 0.2) is 12.0 Å². The second-order valence-corrected chi connectivity index (χ2v) is 3.71. The Morgan fingerprint density at radius 2 is 2.57 bits per heavy atom. The third-order valence-electron chi connectivity index (χ3n) is 2.59. The lowest BCUT2D eigenvalue weighted by Gasteiger charge is -2.13. The van der Waals surface area contributed by atoms with Gasteiger partial charge >= 0.3 is 0 Å². The number of nitrogens with zero attached hydrogens (tertiary/aromatic N) is 1. The van der Waals surface area contributed by atoms with Crippen LogP contribution in [0.25, 0.3) is 0 Å². The van der Waals surface area contributed by atoms with E-state index in [1.165, 1.54) is 0 Å². The van der Waals surface area contributed by atoms with E-state index in [1.807, 2.05) is 6.07 Å². The van der Waals surface area contributed by atoms with Crippen LogP contribution >= 0.6 is 0 Å². The zero-order chi connectivity index (χ0) is 9.97. The van der Waals surface area contributed by atoms with Crippen molar-refractivity contribution in [1.82, 2.24) is 4.90 Å². The minimum Gasteiger partial charge on any atom is -0.461 e. The molecule has 1 aromatic heterocycles. The minimum atomic E-state index is 0.279. The van der Waals surface area contributed by atoms with E-state index in [4.69, 9.17) is 10.2 Å². The zero-order valence-corrected chi connectivity index (χ0v) is 7.98. The first-order chi connectivity index (χ1) is 6.79. The molecule has 2 N–H and O–H groups in total. The lowest BCUT2D eigenvalue weighted by molar-refractivity contribution is 0.109. The molecule has 2 heterocycles. The highest BCUT2D eigenvalue weighted by Crippen LogP contribution is 2.15. The predicted octanol–water partition coefficient (Wildman–Crippen LogP) is 0.625. The summed E-state index contributed by atoms with van der Waals surface area (Å²) in [4.78, 5) is 12.8. The van der Waals surface area contributed by atoms with Gasteiger partial charge in [0.2, 0.25) is 0 Å². The minimum absolute atomic E-state index is 0.279. The first kappa shape index (κ1) is 9.43. The third kappa shape index (κ3) is 1.86. The standard InChI is InChI=1S/C10H14N2O2/c11-9-1-3-12(6-9)5-8-2-4-14-10(8)7-13/h2,4,7,9H,1,3,5-6,11H2. The Bertz CT molecular complexity index is 322. The van der Waals surface area contributed by atoms with E-state index in [9.17, 15) is 4.79 Å². The second kappa shape index (κ2) is 3.94. The van der Waals surface area contributed by atoms with Crippen LogP contribution in [0.2, 0.25) is 0 Å². The number of hydrogen-bond acceptors (Lipinski definition) is 4. The van der Waals surface area contributed by atoms with Gasteiger partial charge in [-0.2, -0.15) is 0 Å². The predicted molar refractivity (Wildman–Crippen MR) is 52.0 cm³/mol. The van der Waals surface area contributed by atoms with Crippen LogP contribution in [-0.4, -0.2) is 30.3 Å². The number of aldehydes is 1. The molecule has 76 valence electrons. The van der Waals surface area contributed by atoms with E-state index < -0.39 is 0 Å². The normalized spacial score (nSPS) is 22.8. The van der Waals surface area contributed by atoms with Gasteiger partial charge in [-0.3, -0.25) is 9.69 Å². The van der Waals surface area contributed by atoms with E-state index in [1.54, 1.807) is 6.26 Å². The molecule has 0 aromatic carbocycles. The number of nitrogens with two attached hydrogens (primary N) is 1. The number of rotatable bonds is 3. The Morgan fingerprint density at radius 3 is 3.21 bits per heavy atom. The summed E-state index contributed by atoms with van der Waals surface area (Å²) in [6.07, 6.45) is 3.34. The summed E-state index contributed by atoms with van der Waals surface area (Å²) in [7, 11) is 0. The maximum absolute atomic E-state index is 10.6. The van der Waals surface area contributed by atoms with Crippen molar-refractivity contribution < 1.29 is 9.21 Å². The molecule has 14 heavy (non-hydrogen) atoms. The fourth-order valence-corrected chi connectivity index (χ4v) is 1.83. The van der Waals surface area contributed by atoms with Gasteiger partial charge in [-0.1, -0.05) is 0 Å². The smallest absolute Gasteiger partial charge is 0.185 e. The highest BCUT2D eigenvalue weighted by Gasteiger charge is 2.20. The van der Waals surface area contributed by atoms with Crippen LogP contribution in [0.3, 0.4) is 0 Å². The number of likely N-dealkylation sites (tertiary alicyclic amines) is 1. The lowest BCUT2D eigenvalue weighted by atomic mass is 10.2. The number of hydrogen-bond donors (Lipinski definition) is 1. The van der Waals surface area contributed by atoms with Gasteiger partial charge in [-0.15, -0.1) is 0 Å². The molecule has 0 bridgehead atoms. The van der Waals surface area contributed by atoms with Crippen molar-refractivity contribution >= 4 is 6.29 Å². The Kier molecular flexibility index (Phi) is 2.65. The Labute approximate surface area is 82.7 Å². The van der Waals surface area contributed by atoms with Crippen molar-refractivity contribution in [2.45, 2.75) is 19.0 Å². The van der Waals surface area contributed by atoms with Crippen molar-refractivity contribution in [2.24, 2.45) is 5.73 Å². The first-order valence-electron chi connectivity index (χ1n) is 4.79. The molecule has 1 unspecified atom stereocenters. The van der Waals surface area contributed by atoms with Gasteiger partial charge < -0.3 is 10.2 Å². The van der Waals surface area contributed by atoms with Gasteiger partial charge in [0, 0.05) is 31.2 Å². The maximum Gasteiger partial charge on any atom is 0.185 e. The molecule has 2 rings (SSSR count). The quantitative estimate of drug-likeness (QED) is 0.717. The van der Waals surface area contributed by atoms with Crippen LogP contribution < -0.4 is 5.73 Å². The molecule has 1 saturated heterocycles. The van der Waals surface area contributed by atoms with Gasteiger partial charge in [0.1, 0.15) is 0 Å². The largest absolute Gasteiger partial charge is 0.461 e. The first-order valence-corrected chi connectivity index (χ1v) is 4.79. The molecule has 4 heteroatoms. The van der Waals surface area contributed by atoms with Crippen molar-refractivity contribution in [3.8, 4) is 0 Å². The maximum atomic E-state index is 10.6. The fraction of sp³-hybridized carbons (Fsp3) is 0.500. The van der Waals surface area contributed by atoms with Crippen LogP contribution in [0.1, 0.15) is 22.5 Å². The van der Waals surface area contributed by atoms with Crippen molar-refractivity contribution in [1.29, 1.82) is 0 Å². The average molecular weight is 194 g/mol. The third-order valence-corrected chi connectivity index (χ3v) is 2.59. The van der Waals surface area contributed by atoms with Crippen LogP contribution in [0, 0.1) is 0 Å². The molecule has 4 nitrogen and oxygen atoms in total. The summed E-state index contributed by atoms with van der Waals surface area (Å²) < 4.78 is 5.02. The van der Waals surface area contributed by atoms with E-state index >= 15 is 0 Å². The van der Waals surface area contributed by atoms with Gasteiger partial charge in [0.05, 0.1) is 6.26 Å². The molecule has 1 fully saturated rings. The van der Waals surface area contributed by atoms with Crippen molar-refractivity contribution in [3.05, 3.63) is 23.7 Å². The summed E-state index contributed by atoms with van der Waals surface area (Å²) in [5.74, 6) is 0.436. The van der Waals surface area contributed by atoms with E-state index in [0.717, 1.165) is 37.9 Å².